The molecule has 1 N–H and O–H groups in total. The van der Waals surface area contributed by atoms with Crippen LogP contribution in [0.4, 0.5) is 13.2 Å². The van der Waals surface area contributed by atoms with Crippen LogP contribution < -0.4 is 4.74 Å². The third kappa shape index (κ3) is 8.33. The van der Waals surface area contributed by atoms with Gasteiger partial charge in [0.25, 0.3) is 0 Å². The van der Waals surface area contributed by atoms with Crippen LogP contribution in [0.3, 0.4) is 0 Å². The van der Waals surface area contributed by atoms with Crippen LogP contribution in [-0.2, 0) is 11.2 Å². The molecule has 2 heterocycles. The van der Waals surface area contributed by atoms with Crippen LogP contribution in [-0.4, -0.2) is 53.0 Å². The van der Waals surface area contributed by atoms with Gasteiger partial charge in [-0.25, -0.2) is 4.79 Å². The molecule has 6 nitrogen and oxygen atoms in total. The average molecular weight is 435 g/mol. The maximum Gasteiger partial charge on any atom is 0.490 e. The molecular weight excluding hydrogens is 413 g/mol. The van der Waals surface area contributed by atoms with Crippen molar-refractivity contribution in [1.82, 2.24) is 10.1 Å². The lowest BCUT2D eigenvalue weighted by molar-refractivity contribution is -0.192. The molecule has 1 saturated heterocycles. The molecule has 1 fully saturated rings. The van der Waals surface area contributed by atoms with Crippen LogP contribution in [0.1, 0.15) is 24.3 Å². The summed E-state index contributed by atoms with van der Waals surface area (Å²) >= 11 is 5.98. The predicted molar refractivity (Wildman–Crippen MR) is 100 cm³/mol. The molecule has 29 heavy (non-hydrogen) atoms. The van der Waals surface area contributed by atoms with E-state index in [9.17, 15) is 13.2 Å². The van der Waals surface area contributed by atoms with E-state index in [0.717, 1.165) is 61.1 Å². The molecule has 1 aromatic carbocycles. The molecule has 1 aliphatic rings. The van der Waals surface area contributed by atoms with Crippen molar-refractivity contribution in [2.45, 2.75) is 38.5 Å². The number of hydrogen-bond acceptors (Lipinski definition) is 5. The first-order chi connectivity index (χ1) is 13.6. The molecule has 0 aliphatic carbocycles. The largest absolute Gasteiger partial charge is 0.490 e. The highest BCUT2D eigenvalue weighted by atomic mass is 35.5. The van der Waals surface area contributed by atoms with E-state index in [0.29, 0.717) is 0 Å². The van der Waals surface area contributed by atoms with Crippen molar-refractivity contribution in [1.29, 1.82) is 0 Å². The maximum absolute atomic E-state index is 10.6. The molecule has 1 aromatic heterocycles. The molecule has 2 aromatic rings. The summed E-state index contributed by atoms with van der Waals surface area (Å²) in [5.41, 5.74) is 0.948. The van der Waals surface area contributed by atoms with Crippen LogP contribution in [0.25, 0.3) is 0 Å². The summed E-state index contributed by atoms with van der Waals surface area (Å²) in [4.78, 5) is 11.3. The van der Waals surface area contributed by atoms with Crippen molar-refractivity contribution in [3.63, 3.8) is 0 Å². The summed E-state index contributed by atoms with van der Waals surface area (Å²) in [5, 5.41) is 11.8. The van der Waals surface area contributed by atoms with E-state index < -0.39 is 12.1 Å². The standard InChI is InChI=1S/C17H21ClN2O2.C2HF3O2/c1-13-11-17(22-19-13)7-10-20-8-5-15(6-9-20)21-16-4-2-3-14(18)12-16;3-2(4,5)1(6)7/h2-4,11-12,15H,5-10H2,1H3;(H,6,7). The normalized spacial score (nSPS) is 15.5. The third-order valence-corrected chi connectivity index (χ3v) is 4.46. The second kappa shape index (κ2) is 10.5. The number of halogens is 4. The number of carboxylic acids is 1. The number of carbonyl (C=O) groups is 1. The van der Waals surface area contributed by atoms with Crippen molar-refractivity contribution in [2.24, 2.45) is 0 Å². The average Bonchev–Trinajstić information content (AvgIpc) is 3.06. The highest BCUT2D eigenvalue weighted by Crippen LogP contribution is 2.22. The summed E-state index contributed by atoms with van der Waals surface area (Å²) in [7, 11) is 0. The van der Waals surface area contributed by atoms with Gasteiger partial charge in [-0.15, -0.1) is 0 Å². The van der Waals surface area contributed by atoms with Crippen LogP contribution in [0, 0.1) is 6.92 Å². The van der Waals surface area contributed by atoms with Gasteiger partial charge in [-0.2, -0.15) is 13.2 Å². The Bertz CT molecular complexity index is 790. The van der Waals surface area contributed by atoms with E-state index in [-0.39, 0.29) is 6.10 Å². The van der Waals surface area contributed by atoms with Gasteiger partial charge < -0.3 is 19.3 Å². The van der Waals surface area contributed by atoms with Gasteiger partial charge >= 0.3 is 12.1 Å². The van der Waals surface area contributed by atoms with Crippen LogP contribution in [0.2, 0.25) is 5.02 Å². The number of alkyl halides is 3. The topological polar surface area (TPSA) is 75.8 Å². The van der Waals surface area contributed by atoms with Crippen LogP contribution in [0.15, 0.2) is 34.9 Å². The van der Waals surface area contributed by atoms with Gasteiger partial charge in [0.1, 0.15) is 17.6 Å². The molecule has 0 atom stereocenters. The zero-order valence-electron chi connectivity index (χ0n) is 15.8. The van der Waals surface area contributed by atoms with E-state index in [2.05, 4.69) is 10.1 Å². The number of benzene rings is 1. The number of nitrogens with zero attached hydrogens (tertiary/aromatic N) is 2. The Morgan fingerprint density at radius 3 is 2.52 bits per heavy atom. The summed E-state index contributed by atoms with van der Waals surface area (Å²) in [6.07, 6.45) is -1.80. The molecule has 3 rings (SSSR count). The van der Waals surface area contributed by atoms with E-state index in [1.54, 1.807) is 0 Å². The minimum Gasteiger partial charge on any atom is -0.490 e. The van der Waals surface area contributed by atoms with Gasteiger partial charge in [0.05, 0.1) is 5.69 Å². The Kier molecular flexibility index (Phi) is 8.33. The zero-order valence-corrected chi connectivity index (χ0v) is 16.5. The minimum absolute atomic E-state index is 0.280. The van der Waals surface area contributed by atoms with E-state index >= 15 is 0 Å². The van der Waals surface area contributed by atoms with Crippen molar-refractivity contribution >= 4 is 17.6 Å². The van der Waals surface area contributed by atoms with E-state index in [4.69, 9.17) is 30.8 Å². The van der Waals surface area contributed by atoms with Crippen molar-refractivity contribution < 1.29 is 32.3 Å². The number of aryl methyl sites for hydroxylation is 1. The quantitative estimate of drug-likeness (QED) is 0.753. The highest BCUT2D eigenvalue weighted by Gasteiger charge is 2.38. The predicted octanol–water partition coefficient (Wildman–Crippen LogP) is 4.36. The van der Waals surface area contributed by atoms with Gasteiger partial charge in [-0.1, -0.05) is 22.8 Å². The Hall–Kier alpha value is -2.26. The molecule has 0 amide bonds. The van der Waals surface area contributed by atoms with Gasteiger partial charge in [-0.05, 0) is 38.0 Å². The molecular formula is C19H22ClF3N2O4. The Morgan fingerprint density at radius 2 is 2.00 bits per heavy atom. The number of aliphatic carboxylic acids is 1. The van der Waals surface area contributed by atoms with Gasteiger partial charge in [0.15, 0.2) is 0 Å². The lowest BCUT2D eigenvalue weighted by Gasteiger charge is -2.31. The number of rotatable bonds is 5. The lowest BCUT2D eigenvalue weighted by atomic mass is 10.1. The number of piperidine rings is 1. The summed E-state index contributed by atoms with van der Waals surface area (Å²) in [6, 6.07) is 9.63. The van der Waals surface area contributed by atoms with Gasteiger partial charge in [-0.3, -0.25) is 0 Å². The molecule has 160 valence electrons. The minimum atomic E-state index is -5.08. The fourth-order valence-corrected chi connectivity index (χ4v) is 2.97. The number of ether oxygens (including phenoxy) is 1. The smallest absolute Gasteiger partial charge is 0.490 e. The fourth-order valence-electron chi connectivity index (χ4n) is 2.79. The number of carboxylic acid groups (broad SMARTS) is 1. The first-order valence-electron chi connectivity index (χ1n) is 9.00. The monoisotopic (exact) mass is 434 g/mol. The van der Waals surface area contributed by atoms with E-state index in [1.165, 1.54) is 0 Å². The molecule has 0 unspecified atom stereocenters. The molecule has 0 bridgehead atoms. The van der Waals surface area contributed by atoms with Gasteiger partial charge in [0.2, 0.25) is 0 Å². The Balaban J connectivity index is 0.000000370. The maximum atomic E-state index is 10.6. The Morgan fingerprint density at radius 1 is 1.34 bits per heavy atom. The highest BCUT2D eigenvalue weighted by molar-refractivity contribution is 6.30. The number of hydrogen-bond donors (Lipinski definition) is 1. The van der Waals surface area contributed by atoms with Crippen molar-refractivity contribution in [2.75, 3.05) is 19.6 Å². The lowest BCUT2D eigenvalue weighted by Crippen LogP contribution is -2.39. The molecule has 0 radical (unpaired) electrons. The number of likely N-dealkylation sites (tertiary alicyclic amines) is 1. The second-order valence-corrected chi connectivity index (χ2v) is 7.04. The summed E-state index contributed by atoms with van der Waals surface area (Å²) < 4.78 is 43.0. The van der Waals surface area contributed by atoms with Crippen molar-refractivity contribution in [3.8, 4) is 5.75 Å². The molecule has 0 spiro atoms. The Labute approximate surface area is 171 Å². The SMILES string of the molecule is Cc1cc(CCN2CCC(Oc3cccc(Cl)c3)CC2)on1.O=C(O)C(F)(F)F. The first kappa shape index (κ1) is 23.0. The molecule has 10 heteroatoms. The third-order valence-electron chi connectivity index (χ3n) is 4.23. The zero-order chi connectivity index (χ0) is 21.4. The second-order valence-electron chi connectivity index (χ2n) is 6.60. The molecule has 1 aliphatic heterocycles. The van der Waals surface area contributed by atoms with Gasteiger partial charge in [0, 0.05) is 37.1 Å². The molecule has 0 saturated carbocycles. The van der Waals surface area contributed by atoms with Crippen LogP contribution in [0.5, 0.6) is 5.75 Å². The van der Waals surface area contributed by atoms with Crippen LogP contribution >= 0.6 is 11.6 Å². The fraction of sp³-hybridized carbons (Fsp3) is 0.474. The number of aromatic nitrogens is 1. The summed E-state index contributed by atoms with van der Waals surface area (Å²) in [6.45, 7) is 5.07. The van der Waals surface area contributed by atoms with E-state index in [1.807, 2.05) is 37.3 Å². The van der Waals surface area contributed by atoms with Crippen molar-refractivity contribution in [3.05, 3.63) is 46.8 Å². The summed E-state index contributed by atoms with van der Waals surface area (Å²) in [5.74, 6) is -0.926. The first-order valence-corrected chi connectivity index (χ1v) is 9.38.